The highest BCUT2D eigenvalue weighted by Crippen LogP contribution is 2.30. The minimum atomic E-state index is -3.19. The van der Waals surface area contributed by atoms with Crippen LogP contribution in [-0.2, 0) is 16.3 Å². The Kier molecular flexibility index (Phi) is 5.05. The second-order valence-electron chi connectivity index (χ2n) is 6.88. The summed E-state index contributed by atoms with van der Waals surface area (Å²) < 4.78 is 25.8. The molecule has 0 aliphatic rings. The van der Waals surface area contributed by atoms with Gasteiger partial charge in [0, 0.05) is 17.6 Å². The van der Waals surface area contributed by atoms with E-state index in [1.54, 1.807) is 12.1 Å². The maximum Gasteiger partial charge on any atom is 0.175 e. The van der Waals surface area contributed by atoms with E-state index in [-0.39, 0.29) is 0 Å². The van der Waals surface area contributed by atoms with Crippen LogP contribution in [0.5, 0.6) is 0 Å². The third-order valence-corrected chi connectivity index (χ3v) is 5.77. The molecule has 0 amide bonds. The fourth-order valence-electron chi connectivity index (χ4n) is 3.37. The molecular formula is C22H25NO2S. The normalized spacial score (nSPS) is 11.7. The van der Waals surface area contributed by atoms with Gasteiger partial charge < -0.3 is 4.57 Å². The standard InChI is InChI=1S/C22H25NO2S/c1-5-6-19-10-14-22(18-8-11-20(12-9-18)26(4,24)25)23(19)21-13-7-16(2)15-17(21)3/h7-15H,5-6H2,1-4H3. The summed E-state index contributed by atoms with van der Waals surface area (Å²) in [6, 6.07) is 17.9. The molecule has 4 heteroatoms. The Balaban J connectivity index is 2.17. The highest BCUT2D eigenvalue weighted by atomic mass is 32.2. The van der Waals surface area contributed by atoms with Gasteiger partial charge in [0.2, 0.25) is 0 Å². The van der Waals surface area contributed by atoms with E-state index in [0.717, 1.165) is 24.1 Å². The average Bonchev–Trinajstić information content (AvgIpc) is 2.98. The van der Waals surface area contributed by atoms with Crippen LogP contribution >= 0.6 is 0 Å². The minimum absolute atomic E-state index is 0.347. The molecule has 0 fully saturated rings. The van der Waals surface area contributed by atoms with E-state index in [1.807, 2.05) is 12.1 Å². The van der Waals surface area contributed by atoms with E-state index in [9.17, 15) is 8.42 Å². The number of aromatic nitrogens is 1. The van der Waals surface area contributed by atoms with Crippen LogP contribution in [0.1, 0.15) is 30.2 Å². The van der Waals surface area contributed by atoms with Crippen molar-refractivity contribution in [2.24, 2.45) is 0 Å². The molecule has 3 aromatic rings. The first-order valence-electron chi connectivity index (χ1n) is 8.90. The first-order valence-corrected chi connectivity index (χ1v) is 10.8. The highest BCUT2D eigenvalue weighted by Gasteiger charge is 2.14. The Morgan fingerprint density at radius 1 is 0.923 bits per heavy atom. The second kappa shape index (κ2) is 7.12. The van der Waals surface area contributed by atoms with Gasteiger partial charge in [-0.2, -0.15) is 0 Å². The second-order valence-corrected chi connectivity index (χ2v) is 8.90. The van der Waals surface area contributed by atoms with Crippen molar-refractivity contribution in [1.29, 1.82) is 0 Å². The Morgan fingerprint density at radius 2 is 1.62 bits per heavy atom. The van der Waals surface area contributed by atoms with Crippen LogP contribution in [-0.4, -0.2) is 19.2 Å². The molecular weight excluding hydrogens is 342 g/mol. The molecule has 1 heterocycles. The third kappa shape index (κ3) is 3.61. The number of rotatable bonds is 5. The summed E-state index contributed by atoms with van der Waals surface area (Å²) in [5.74, 6) is 0. The van der Waals surface area contributed by atoms with Crippen LogP contribution in [0.3, 0.4) is 0 Å². The van der Waals surface area contributed by atoms with Crippen molar-refractivity contribution >= 4 is 9.84 Å². The molecule has 0 unspecified atom stereocenters. The molecule has 2 aromatic carbocycles. The topological polar surface area (TPSA) is 39.1 Å². The van der Waals surface area contributed by atoms with Gasteiger partial charge in [-0.15, -0.1) is 0 Å². The quantitative estimate of drug-likeness (QED) is 0.628. The third-order valence-electron chi connectivity index (χ3n) is 4.64. The van der Waals surface area contributed by atoms with Crippen molar-refractivity contribution < 1.29 is 8.42 Å². The maximum atomic E-state index is 11.7. The Labute approximate surface area is 156 Å². The molecule has 0 atom stereocenters. The van der Waals surface area contributed by atoms with Gasteiger partial charge in [0.15, 0.2) is 9.84 Å². The Morgan fingerprint density at radius 3 is 2.19 bits per heavy atom. The summed E-state index contributed by atoms with van der Waals surface area (Å²) in [4.78, 5) is 0.347. The van der Waals surface area contributed by atoms with Crippen molar-refractivity contribution in [1.82, 2.24) is 4.57 Å². The number of hydrogen-bond acceptors (Lipinski definition) is 2. The molecule has 0 aliphatic carbocycles. The zero-order chi connectivity index (χ0) is 18.9. The summed E-state index contributed by atoms with van der Waals surface area (Å²) in [6.07, 6.45) is 3.30. The number of benzene rings is 2. The summed E-state index contributed by atoms with van der Waals surface area (Å²) in [5.41, 5.74) is 7.01. The van der Waals surface area contributed by atoms with E-state index in [2.05, 4.69) is 55.7 Å². The summed E-state index contributed by atoms with van der Waals surface area (Å²) in [5, 5.41) is 0. The van der Waals surface area contributed by atoms with E-state index in [4.69, 9.17) is 0 Å². The fraction of sp³-hybridized carbons (Fsp3) is 0.273. The number of hydrogen-bond donors (Lipinski definition) is 0. The number of aryl methyl sites for hydroxylation is 3. The largest absolute Gasteiger partial charge is 0.313 e. The van der Waals surface area contributed by atoms with Gasteiger partial charge in [-0.3, -0.25) is 0 Å². The van der Waals surface area contributed by atoms with Gasteiger partial charge in [0.1, 0.15) is 0 Å². The van der Waals surface area contributed by atoms with Crippen LogP contribution in [0, 0.1) is 13.8 Å². The lowest BCUT2D eigenvalue weighted by Crippen LogP contribution is -2.04. The van der Waals surface area contributed by atoms with Crippen molar-refractivity contribution in [3.63, 3.8) is 0 Å². The zero-order valence-electron chi connectivity index (χ0n) is 15.8. The monoisotopic (exact) mass is 367 g/mol. The van der Waals surface area contributed by atoms with Gasteiger partial charge in [-0.05, 0) is 61.7 Å². The smallest absolute Gasteiger partial charge is 0.175 e. The summed E-state index contributed by atoms with van der Waals surface area (Å²) in [6.45, 7) is 6.42. The molecule has 0 spiro atoms. The predicted octanol–water partition coefficient (Wildman–Crippen LogP) is 5.12. The molecule has 26 heavy (non-hydrogen) atoms. The van der Waals surface area contributed by atoms with Gasteiger partial charge in [-0.25, -0.2) is 8.42 Å². The summed E-state index contributed by atoms with van der Waals surface area (Å²) in [7, 11) is -3.19. The van der Waals surface area contributed by atoms with Gasteiger partial charge in [-0.1, -0.05) is 43.2 Å². The van der Waals surface area contributed by atoms with Crippen LogP contribution in [0.2, 0.25) is 0 Å². The zero-order valence-corrected chi connectivity index (χ0v) is 16.6. The molecule has 0 N–H and O–H groups in total. The molecule has 3 rings (SSSR count). The molecule has 0 saturated heterocycles. The molecule has 3 nitrogen and oxygen atoms in total. The molecule has 1 aromatic heterocycles. The first-order chi connectivity index (χ1) is 12.3. The van der Waals surface area contributed by atoms with Gasteiger partial charge in [0.05, 0.1) is 10.6 Å². The fourth-order valence-corrected chi connectivity index (χ4v) is 4.00. The molecule has 0 saturated carbocycles. The molecule has 0 bridgehead atoms. The van der Waals surface area contributed by atoms with Crippen LogP contribution in [0.4, 0.5) is 0 Å². The van der Waals surface area contributed by atoms with Crippen molar-refractivity contribution in [2.75, 3.05) is 6.26 Å². The van der Waals surface area contributed by atoms with E-state index >= 15 is 0 Å². The van der Waals surface area contributed by atoms with Crippen LogP contribution in [0.15, 0.2) is 59.5 Å². The SMILES string of the molecule is CCCc1ccc(-c2ccc(S(C)(=O)=O)cc2)n1-c1ccc(C)cc1C. The Hall–Kier alpha value is -2.33. The lowest BCUT2D eigenvalue weighted by Gasteiger charge is -2.17. The highest BCUT2D eigenvalue weighted by molar-refractivity contribution is 7.90. The maximum absolute atomic E-state index is 11.7. The average molecular weight is 368 g/mol. The van der Waals surface area contributed by atoms with Crippen LogP contribution in [0.25, 0.3) is 16.9 Å². The van der Waals surface area contributed by atoms with Crippen molar-refractivity contribution in [2.45, 2.75) is 38.5 Å². The molecule has 0 radical (unpaired) electrons. The lowest BCUT2D eigenvalue weighted by molar-refractivity contribution is 0.602. The number of nitrogens with zero attached hydrogens (tertiary/aromatic N) is 1. The van der Waals surface area contributed by atoms with E-state index in [1.165, 1.54) is 28.8 Å². The van der Waals surface area contributed by atoms with Crippen molar-refractivity contribution in [3.8, 4) is 16.9 Å². The first kappa shape index (κ1) is 18.5. The molecule has 136 valence electrons. The van der Waals surface area contributed by atoms with Crippen LogP contribution < -0.4 is 0 Å². The predicted molar refractivity (Wildman–Crippen MR) is 108 cm³/mol. The van der Waals surface area contributed by atoms with Gasteiger partial charge >= 0.3 is 0 Å². The molecule has 0 aliphatic heterocycles. The lowest BCUT2D eigenvalue weighted by atomic mass is 10.1. The Bertz CT molecular complexity index is 1030. The summed E-state index contributed by atoms with van der Waals surface area (Å²) >= 11 is 0. The number of sulfone groups is 1. The van der Waals surface area contributed by atoms with Crippen molar-refractivity contribution in [3.05, 3.63) is 71.4 Å². The van der Waals surface area contributed by atoms with E-state index < -0.39 is 9.84 Å². The van der Waals surface area contributed by atoms with E-state index in [0.29, 0.717) is 4.90 Å². The van der Waals surface area contributed by atoms with Gasteiger partial charge in [0.25, 0.3) is 0 Å². The minimum Gasteiger partial charge on any atom is -0.313 e.